The lowest BCUT2D eigenvalue weighted by Gasteiger charge is -2.12. The summed E-state index contributed by atoms with van der Waals surface area (Å²) in [6.45, 7) is 1.76. The Hall–Kier alpha value is -5.25. The van der Waals surface area contributed by atoms with Crippen molar-refractivity contribution >= 4 is 28.7 Å². The number of ether oxygens (including phenoxy) is 1. The third-order valence-electron chi connectivity index (χ3n) is 6.11. The summed E-state index contributed by atoms with van der Waals surface area (Å²) in [5.74, 6) is 0.0933. The number of hydrogen-bond donors (Lipinski definition) is 1. The number of nitrogens with zero attached hydrogens (tertiary/aromatic N) is 3. The molecule has 0 bridgehead atoms. The van der Waals surface area contributed by atoms with Gasteiger partial charge >= 0.3 is 6.18 Å². The van der Waals surface area contributed by atoms with Crippen LogP contribution >= 0.6 is 0 Å². The first-order valence-electron chi connectivity index (χ1n) is 12.5. The van der Waals surface area contributed by atoms with Gasteiger partial charge in [0.2, 0.25) is 0 Å². The predicted molar refractivity (Wildman–Crippen MR) is 151 cm³/mol. The largest absolute Gasteiger partial charge is 0.484 e. The molecule has 0 aliphatic heterocycles. The van der Waals surface area contributed by atoms with E-state index in [0.717, 1.165) is 22.4 Å². The van der Waals surface area contributed by atoms with Crippen LogP contribution in [-0.2, 0) is 11.0 Å². The highest BCUT2D eigenvalue weighted by atomic mass is 19.4. The Kier molecular flexibility index (Phi) is 7.64. The number of hydrogen-bond acceptors (Lipinski definition) is 5. The molecule has 5 rings (SSSR count). The van der Waals surface area contributed by atoms with Crippen molar-refractivity contribution in [1.29, 1.82) is 0 Å². The molecule has 0 saturated heterocycles. The van der Waals surface area contributed by atoms with E-state index in [0.29, 0.717) is 22.5 Å². The number of rotatable bonds is 7. The molecule has 0 unspecified atom stereocenters. The minimum Gasteiger partial charge on any atom is -0.484 e. The molecule has 1 aromatic heterocycles. The molecule has 4 aromatic carbocycles. The van der Waals surface area contributed by atoms with Gasteiger partial charge in [0.25, 0.3) is 11.5 Å². The second kappa shape index (κ2) is 11.5. The first-order valence-corrected chi connectivity index (χ1v) is 12.5. The van der Waals surface area contributed by atoms with Crippen LogP contribution < -0.4 is 15.6 Å². The zero-order chi connectivity index (χ0) is 29.0. The number of anilines is 1. The van der Waals surface area contributed by atoms with Crippen LogP contribution in [0.3, 0.4) is 0 Å². The van der Waals surface area contributed by atoms with Crippen molar-refractivity contribution in [3.63, 3.8) is 0 Å². The lowest BCUT2D eigenvalue weighted by molar-refractivity contribution is -0.137. The third kappa shape index (κ3) is 6.50. The van der Waals surface area contributed by atoms with E-state index in [4.69, 9.17) is 4.74 Å². The maximum Gasteiger partial charge on any atom is 0.416 e. The number of benzene rings is 4. The smallest absolute Gasteiger partial charge is 0.416 e. The maximum absolute atomic E-state index is 13.4. The summed E-state index contributed by atoms with van der Waals surface area (Å²) in [5, 5.41) is 7.30. The van der Waals surface area contributed by atoms with E-state index in [1.807, 2.05) is 19.1 Å². The van der Waals surface area contributed by atoms with Crippen molar-refractivity contribution in [1.82, 2.24) is 9.66 Å². The van der Waals surface area contributed by atoms with Crippen molar-refractivity contribution in [2.24, 2.45) is 5.10 Å². The topological polar surface area (TPSA) is 85.6 Å². The first kappa shape index (κ1) is 27.3. The van der Waals surface area contributed by atoms with E-state index in [-0.39, 0.29) is 29.3 Å². The Morgan fingerprint density at radius 1 is 0.976 bits per heavy atom. The van der Waals surface area contributed by atoms with Gasteiger partial charge in [0.15, 0.2) is 12.4 Å². The highest BCUT2D eigenvalue weighted by Gasteiger charge is 2.31. The van der Waals surface area contributed by atoms with Crippen LogP contribution in [-0.4, -0.2) is 28.4 Å². The van der Waals surface area contributed by atoms with Crippen LogP contribution in [0.15, 0.2) is 107 Å². The molecular weight excluding hydrogens is 533 g/mol. The molecule has 0 fully saturated rings. The van der Waals surface area contributed by atoms with Gasteiger partial charge in [-0.1, -0.05) is 42.0 Å². The molecule has 1 amide bonds. The molecule has 0 aliphatic carbocycles. The molecule has 41 heavy (non-hydrogen) atoms. The van der Waals surface area contributed by atoms with Crippen molar-refractivity contribution in [2.45, 2.75) is 13.1 Å². The fourth-order valence-electron chi connectivity index (χ4n) is 4.01. The highest BCUT2D eigenvalue weighted by Crippen LogP contribution is 2.32. The minimum atomic E-state index is -4.56. The number of aryl methyl sites for hydroxylation is 1. The lowest BCUT2D eigenvalue weighted by Crippen LogP contribution is -2.20. The average Bonchev–Trinajstić information content (AvgIpc) is 2.97. The Bertz CT molecular complexity index is 1800. The quantitative estimate of drug-likeness (QED) is 0.239. The van der Waals surface area contributed by atoms with Crippen molar-refractivity contribution in [3.05, 3.63) is 124 Å². The van der Waals surface area contributed by atoms with Crippen LogP contribution in [0.5, 0.6) is 5.75 Å². The molecular formula is C31H23F3N4O3. The molecule has 10 heteroatoms. The fraction of sp³-hybridized carbons (Fsp3) is 0.0968. The zero-order valence-electron chi connectivity index (χ0n) is 21.7. The highest BCUT2D eigenvalue weighted by molar-refractivity contribution is 5.91. The van der Waals surface area contributed by atoms with Gasteiger partial charge in [-0.25, -0.2) is 4.98 Å². The second-order valence-corrected chi connectivity index (χ2v) is 9.16. The summed E-state index contributed by atoms with van der Waals surface area (Å²) >= 11 is 0. The van der Waals surface area contributed by atoms with Crippen LogP contribution in [0, 0.1) is 6.92 Å². The molecule has 1 N–H and O–H groups in total. The minimum absolute atomic E-state index is 0.0319. The SMILES string of the molecule is Cc1ccc(NC(=O)COc2ccc(C=Nn3c(-c4cccc(C(F)(F)F)c4)nc4ccccc4c3=O)cc2)cc1. The number of carbonyl (C=O) groups is 1. The molecule has 206 valence electrons. The molecule has 0 saturated carbocycles. The van der Waals surface area contributed by atoms with Gasteiger partial charge < -0.3 is 10.1 Å². The van der Waals surface area contributed by atoms with E-state index in [1.54, 1.807) is 60.7 Å². The number of para-hydroxylation sites is 1. The summed E-state index contributed by atoms with van der Waals surface area (Å²) in [6, 6.07) is 25.1. The molecule has 7 nitrogen and oxygen atoms in total. The number of fused-ring (bicyclic) bond motifs is 1. The summed E-state index contributed by atoms with van der Waals surface area (Å²) in [6.07, 6.45) is -3.17. The summed E-state index contributed by atoms with van der Waals surface area (Å²) in [7, 11) is 0. The van der Waals surface area contributed by atoms with Gasteiger partial charge in [0.05, 0.1) is 22.7 Å². The molecule has 0 aliphatic rings. The van der Waals surface area contributed by atoms with Crippen LogP contribution in [0.25, 0.3) is 22.3 Å². The third-order valence-corrected chi connectivity index (χ3v) is 6.11. The van der Waals surface area contributed by atoms with Gasteiger partial charge in [-0.3, -0.25) is 9.59 Å². The van der Waals surface area contributed by atoms with E-state index in [1.165, 1.54) is 18.3 Å². The van der Waals surface area contributed by atoms with Gasteiger partial charge in [-0.2, -0.15) is 22.9 Å². The number of alkyl halides is 3. The summed E-state index contributed by atoms with van der Waals surface area (Å²) in [4.78, 5) is 29.9. The predicted octanol–water partition coefficient (Wildman–Crippen LogP) is 6.29. The van der Waals surface area contributed by atoms with E-state index < -0.39 is 17.3 Å². The fourth-order valence-corrected chi connectivity index (χ4v) is 4.01. The monoisotopic (exact) mass is 556 g/mol. The maximum atomic E-state index is 13.4. The normalized spacial score (nSPS) is 11.6. The lowest BCUT2D eigenvalue weighted by atomic mass is 10.1. The average molecular weight is 557 g/mol. The van der Waals surface area contributed by atoms with Crippen LogP contribution in [0.2, 0.25) is 0 Å². The number of amides is 1. The Morgan fingerprint density at radius 2 is 1.71 bits per heavy atom. The van der Waals surface area contributed by atoms with Crippen molar-refractivity contribution in [2.75, 3.05) is 11.9 Å². The van der Waals surface area contributed by atoms with Gasteiger partial charge in [0.1, 0.15) is 5.75 Å². The Balaban J connectivity index is 1.37. The van der Waals surface area contributed by atoms with Gasteiger partial charge in [-0.05, 0) is 73.2 Å². The van der Waals surface area contributed by atoms with Crippen molar-refractivity contribution in [3.8, 4) is 17.1 Å². The van der Waals surface area contributed by atoms with Crippen molar-refractivity contribution < 1.29 is 22.7 Å². The molecule has 0 atom stereocenters. The van der Waals surface area contributed by atoms with Gasteiger partial charge in [0, 0.05) is 11.3 Å². The Labute approximate surface area is 232 Å². The van der Waals surface area contributed by atoms with E-state index in [2.05, 4.69) is 15.4 Å². The molecule has 0 spiro atoms. The molecule has 1 heterocycles. The number of aromatic nitrogens is 2. The van der Waals surface area contributed by atoms with Crippen LogP contribution in [0.1, 0.15) is 16.7 Å². The second-order valence-electron chi connectivity index (χ2n) is 9.16. The van der Waals surface area contributed by atoms with E-state index >= 15 is 0 Å². The Morgan fingerprint density at radius 3 is 2.44 bits per heavy atom. The van der Waals surface area contributed by atoms with E-state index in [9.17, 15) is 22.8 Å². The summed E-state index contributed by atoms with van der Waals surface area (Å²) < 4.78 is 46.7. The zero-order valence-corrected chi connectivity index (χ0v) is 21.7. The number of nitrogens with one attached hydrogen (secondary N) is 1. The van der Waals surface area contributed by atoms with Crippen LogP contribution in [0.4, 0.5) is 18.9 Å². The summed E-state index contributed by atoms with van der Waals surface area (Å²) in [5.41, 5.74) is 1.36. The molecule has 0 radical (unpaired) electrons. The van der Waals surface area contributed by atoms with Gasteiger partial charge in [-0.15, -0.1) is 0 Å². The molecule has 5 aromatic rings. The number of halogens is 3. The first-order chi connectivity index (χ1) is 19.7. The number of carbonyl (C=O) groups excluding carboxylic acids is 1. The standard InChI is InChI=1S/C31H23F3N4O3/c1-20-9-13-24(14-10-20)36-28(39)19-41-25-15-11-21(12-16-25)18-35-38-29(22-5-4-6-23(17-22)31(32,33)34)37-27-8-3-2-7-26(27)30(38)40/h2-18H,19H2,1H3,(H,36,39).